The molecule has 0 aliphatic carbocycles. The molecule has 5 rings (SSSR count). The van der Waals surface area contributed by atoms with Gasteiger partial charge in [-0.25, -0.2) is 0 Å². The lowest BCUT2D eigenvalue weighted by Gasteiger charge is -2.40. The first-order valence-electron chi connectivity index (χ1n) is 9.78. The first-order valence-corrected chi connectivity index (χ1v) is 9.78. The van der Waals surface area contributed by atoms with Crippen LogP contribution in [-0.4, -0.2) is 62.5 Å². The number of hydrogen-bond acceptors (Lipinski definition) is 4. The van der Waals surface area contributed by atoms with E-state index in [2.05, 4.69) is 40.6 Å². The first-order chi connectivity index (χ1) is 12.3. The predicted octanol–water partition coefficient (Wildman–Crippen LogP) is 2.41. The third-order valence-corrected chi connectivity index (χ3v) is 6.58. The Kier molecular flexibility index (Phi) is 4.17. The fourth-order valence-electron chi connectivity index (χ4n) is 5.00. The average Bonchev–Trinajstić information content (AvgIpc) is 3.32. The van der Waals surface area contributed by atoms with Crippen molar-refractivity contribution in [2.75, 3.05) is 46.0 Å². The van der Waals surface area contributed by atoms with E-state index in [0.29, 0.717) is 12.0 Å². The lowest BCUT2D eigenvalue weighted by Crippen LogP contribution is -2.59. The Balaban J connectivity index is 1.25. The normalized spacial score (nSPS) is 29.8. The molecule has 3 fully saturated rings. The quantitative estimate of drug-likeness (QED) is 0.916. The number of likely N-dealkylation sites (tertiary alicyclic amines) is 1. The monoisotopic (exact) mass is 340 g/mol. The Morgan fingerprint density at radius 3 is 2.64 bits per heavy atom. The highest BCUT2D eigenvalue weighted by atomic mass is 16.5. The fraction of sp³-hybridized carbons (Fsp3) is 0.619. The molecular weight excluding hydrogens is 312 g/mol. The summed E-state index contributed by atoms with van der Waals surface area (Å²) >= 11 is 0. The van der Waals surface area contributed by atoms with Crippen LogP contribution in [0.4, 0.5) is 0 Å². The van der Waals surface area contributed by atoms with Crippen LogP contribution < -0.4 is 5.32 Å². The van der Waals surface area contributed by atoms with Crippen molar-refractivity contribution < 1.29 is 9.47 Å². The van der Waals surface area contributed by atoms with Crippen LogP contribution in [0.3, 0.4) is 0 Å². The van der Waals surface area contributed by atoms with Crippen LogP contribution in [0.5, 0.6) is 0 Å². The SMILES string of the molecule is C1=C(c2ccccc2C2CCN([C@@H]3COC4(CNC4)C3)CC2)COC1. The van der Waals surface area contributed by atoms with Crippen LogP contribution in [0.15, 0.2) is 30.3 Å². The standard InChI is InChI=1S/C21H28N2O2/c1-2-4-20(17-7-10-24-12-17)19(3-1)16-5-8-23(9-6-16)18-11-21(25-13-18)14-22-15-21/h1-4,7,16,18,22H,5-6,8-15H2/t18-/m0/s1. The molecule has 1 aromatic carbocycles. The van der Waals surface area contributed by atoms with Crippen molar-refractivity contribution in [1.29, 1.82) is 0 Å². The minimum atomic E-state index is 0.170. The molecule has 1 spiro atoms. The van der Waals surface area contributed by atoms with E-state index in [4.69, 9.17) is 9.47 Å². The zero-order valence-electron chi connectivity index (χ0n) is 14.9. The summed E-state index contributed by atoms with van der Waals surface area (Å²) in [6.45, 7) is 6.95. The van der Waals surface area contributed by atoms with Crippen molar-refractivity contribution >= 4 is 5.57 Å². The lowest BCUT2D eigenvalue weighted by molar-refractivity contribution is -0.0367. The van der Waals surface area contributed by atoms with Gasteiger partial charge in [0.15, 0.2) is 0 Å². The van der Waals surface area contributed by atoms with Gasteiger partial charge in [0.05, 0.1) is 25.4 Å². The predicted molar refractivity (Wildman–Crippen MR) is 98.7 cm³/mol. The highest BCUT2D eigenvalue weighted by Gasteiger charge is 2.47. The molecule has 134 valence electrons. The molecule has 4 aliphatic heterocycles. The van der Waals surface area contributed by atoms with Gasteiger partial charge in [-0.1, -0.05) is 30.3 Å². The molecule has 4 heteroatoms. The van der Waals surface area contributed by atoms with Crippen LogP contribution in [0.1, 0.15) is 36.3 Å². The third-order valence-electron chi connectivity index (χ3n) is 6.58. The van der Waals surface area contributed by atoms with E-state index < -0.39 is 0 Å². The van der Waals surface area contributed by atoms with Gasteiger partial charge >= 0.3 is 0 Å². The molecule has 0 amide bonds. The van der Waals surface area contributed by atoms with Gasteiger partial charge in [0, 0.05) is 19.1 Å². The van der Waals surface area contributed by atoms with Gasteiger partial charge in [-0.3, -0.25) is 4.90 Å². The van der Waals surface area contributed by atoms with E-state index in [0.717, 1.165) is 32.9 Å². The number of rotatable bonds is 3. The Bertz CT molecular complexity index is 660. The van der Waals surface area contributed by atoms with Gasteiger partial charge in [0.2, 0.25) is 0 Å². The fourth-order valence-corrected chi connectivity index (χ4v) is 5.00. The van der Waals surface area contributed by atoms with Crippen LogP contribution in [0.25, 0.3) is 5.57 Å². The molecule has 0 bridgehead atoms. The van der Waals surface area contributed by atoms with Crippen molar-refractivity contribution in [3.05, 3.63) is 41.5 Å². The van der Waals surface area contributed by atoms with E-state index in [9.17, 15) is 0 Å². The van der Waals surface area contributed by atoms with Crippen LogP contribution in [0.2, 0.25) is 0 Å². The summed E-state index contributed by atoms with van der Waals surface area (Å²) in [5.74, 6) is 0.676. The minimum Gasteiger partial charge on any atom is -0.373 e. The van der Waals surface area contributed by atoms with Crippen molar-refractivity contribution in [3.63, 3.8) is 0 Å². The maximum absolute atomic E-state index is 6.11. The van der Waals surface area contributed by atoms with Gasteiger partial charge in [0.25, 0.3) is 0 Å². The first kappa shape index (κ1) is 16.0. The molecule has 4 heterocycles. The van der Waals surface area contributed by atoms with Crippen molar-refractivity contribution in [2.45, 2.75) is 36.8 Å². The summed E-state index contributed by atoms with van der Waals surface area (Å²) in [6.07, 6.45) is 5.97. The number of ether oxygens (including phenoxy) is 2. The molecule has 0 unspecified atom stereocenters. The summed E-state index contributed by atoms with van der Waals surface area (Å²) < 4.78 is 11.7. The van der Waals surface area contributed by atoms with E-state index in [1.807, 2.05) is 0 Å². The van der Waals surface area contributed by atoms with Gasteiger partial charge in [-0.05, 0) is 55.0 Å². The van der Waals surface area contributed by atoms with Crippen LogP contribution in [-0.2, 0) is 9.47 Å². The Morgan fingerprint density at radius 1 is 1.12 bits per heavy atom. The highest BCUT2D eigenvalue weighted by Crippen LogP contribution is 2.37. The average molecular weight is 340 g/mol. The smallest absolute Gasteiger partial charge is 0.0946 e. The zero-order chi connectivity index (χ0) is 16.7. The number of nitrogens with one attached hydrogen (secondary N) is 1. The van der Waals surface area contributed by atoms with E-state index >= 15 is 0 Å². The molecule has 0 radical (unpaired) electrons. The molecule has 25 heavy (non-hydrogen) atoms. The summed E-state index contributed by atoms with van der Waals surface area (Å²) in [5.41, 5.74) is 4.49. The summed E-state index contributed by atoms with van der Waals surface area (Å²) in [4.78, 5) is 2.68. The Morgan fingerprint density at radius 2 is 1.96 bits per heavy atom. The van der Waals surface area contributed by atoms with Crippen molar-refractivity contribution in [2.24, 2.45) is 0 Å². The Labute approximate surface area is 150 Å². The molecule has 1 aromatic rings. The zero-order valence-corrected chi connectivity index (χ0v) is 14.9. The van der Waals surface area contributed by atoms with Crippen molar-refractivity contribution in [1.82, 2.24) is 10.2 Å². The number of piperidine rings is 1. The molecule has 0 saturated carbocycles. The van der Waals surface area contributed by atoms with Gasteiger partial charge in [-0.15, -0.1) is 0 Å². The second-order valence-electron chi connectivity index (χ2n) is 8.10. The summed E-state index contributed by atoms with van der Waals surface area (Å²) in [5, 5.41) is 3.37. The molecule has 3 saturated heterocycles. The van der Waals surface area contributed by atoms with Gasteiger partial charge in [-0.2, -0.15) is 0 Å². The van der Waals surface area contributed by atoms with E-state index in [1.165, 1.54) is 49.1 Å². The summed E-state index contributed by atoms with van der Waals surface area (Å²) in [6, 6.07) is 9.60. The molecular formula is C21H28N2O2. The lowest BCUT2D eigenvalue weighted by atomic mass is 9.83. The van der Waals surface area contributed by atoms with Crippen LogP contribution in [0, 0.1) is 0 Å². The maximum Gasteiger partial charge on any atom is 0.0946 e. The minimum absolute atomic E-state index is 0.170. The molecule has 1 atom stereocenters. The third kappa shape index (κ3) is 2.95. The van der Waals surface area contributed by atoms with E-state index in [1.54, 1.807) is 0 Å². The number of nitrogens with zero attached hydrogens (tertiary/aromatic N) is 1. The van der Waals surface area contributed by atoms with Gasteiger partial charge in [0.1, 0.15) is 0 Å². The summed E-state index contributed by atoms with van der Waals surface area (Å²) in [7, 11) is 0. The van der Waals surface area contributed by atoms with Crippen LogP contribution >= 0.6 is 0 Å². The topological polar surface area (TPSA) is 33.7 Å². The molecule has 1 N–H and O–H groups in total. The molecule has 0 aromatic heterocycles. The molecule has 4 aliphatic rings. The second-order valence-corrected chi connectivity index (χ2v) is 8.10. The number of hydrogen-bond donors (Lipinski definition) is 1. The van der Waals surface area contributed by atoms with Gasteiger partial charge < -0.3 is 14.8 Å². The highest BCUT2D eigenvalue weighted by molar-refractivity contribution is 5.70. The van der Waals surface area contributed by atoms with Crippen molar-refractivity contribution in [3.8, 4) is 0 Å². The largest absolute Gasteiger partial charge is 0.373 e. The maximum atomic E-state index is 6.11. The Hall–Kier alpha value is -1.20. The van der Waals surface area contributed by atoms with E-state index in [-0.39, 0.29) is 5.60 Å². The molecule has 4 nitrogen and oxygen atoms in total. The number of benzene rings is 1. The second kappa shape index (κ2) is 6.51.